The van der Waals surface area contributed by atoms with Crippen molar-refractivity contribution in [3.63, 3.8) is 0 Å². The molecule has 7 rings (SSSR count). The van der Waals surface area contributed by atoms with Gasteiger partial charge in [0.25, 0.3) is 0 Å². The lowest BCUT2D eigenvalue weighted by atomic mass is 10.0. The van der Waals surface area contributed by atoms with Crippen LogP contribution in [0, 0.1) is 13.8 Å². The Morgan fingerprint density at radius 2 is 0.843 bits per heavy atom. The number of hydrogen-bond acceptors (Lipinski definition) is 8. The summed E-state index contributed by atoms with van der Waals surface area (Å²) in [5, 5.41) is 0. The molecule has 6 aromatic rings. The highest BCUT2D eigenvalue weighted by molar-refractivity contribution is 5.70. The maximum absolute atomic E-state index is 6.51. The van der Waals surface area contributed by atoms with Crippen LogP contribution in [0.5, 0.6) is 11.5 Å². The number of quaternary nitrogens is 1. The number of ether oxygens (including phenoxy) is 4. The molecule has 0 bridgehead atoms. The summed E-state index contributed by atoms with van der Waals surface area (Å²) >= 11 is 0. The van der Waals surface area contributed by atoms with Crippen LogP contribution in [0.3, 0.4) is 0 Å². The molecular weight excluding hydrogens is 638 g/mol. The minimum absolute atomic E-state index is 0.335. The van der Waals surface area contributed by atoms with Crippen LogP contribution in [-0.4, -0.2) is 59.6 Å². The molecule has 0 saturated heterocycles. The number of fused-ring (bicyclic) bond motifs is 2. The van der Waals surface area contributed by atoms with E-state index < -0.39 is 0 Å². The van der Waals surface area contributed by atoms with Crippen LogP contribution in [0.25, 0.3) is 22.8 Å². The summed E-state index contributed by atoms with van der Waals surface area (Å²) in [6.07, 6.45) is 7.63. The molecule has 0 radical (unpaired) electrons. The Kier molecular flexibility index (Phi) is 10.7. The smallest absolute Gasteiger partial charge is 0.181 e. The highest BCUT2D eigenvalue weighted by atomic mass is 16.6. The number of pyridine rings is 4. The van der Waals surface area contributed by atoms with Gasteiger partial charge in [-0.2, -0.15) is 0 Å². The summed E-state index contributed by atoms with van der Waals surface area (Å²) in [6.45, 7) is 7.82. The molecule has 0 aliphatic carbocycles. The van der Waals surface area contributed by atoms with Crippen molar-refractivity contribution in [3.05, 3.63) is 144 Å². The zero-order chi connectivity index (χ0) is 34.9. The van der Waals surface area contributed by atoms with Crippen LogP contribution in [0.1, 0.15) is 22.3 Å². The number of hydrogen-bond donors (Lipinski definition) is 0. The molecule has 51 heavy (non-hydrogen) atoms. The van der Waals surface area contributed by atoms with Crippen molar-refractivity contribution in [2.24, 2.45) is 0 Å². The molecule has 9 nitrogen and oxygen atoms in total. The standard InChI is InChI=1S/C42H42N5O4/c1-31-11-15-35(43-25-31)37-17-13-33(27-45-37)29-47(30-34-14-18-38(46-28-34)36-16-12-32(2)26-44-36)39-7-3-5-9-41(39)50-23-21-48-19-20-49-22-24-51-42-10-6-4-8-40(42)47/h3-18,25-28H,19-24,29-30H2,1-2H3/q+1. The molecule has 0 N–H and O–H groups in total. The first-order valence-corrected chi connectivity index (χ1v) is 17.3. The Balaban J connectivity index is 1.37. The van der Waals surface area contributed by atoms with E-state index in [4.69, 9.17) is 28.9 Å². The van der Waals surface area contributed by atoms with Gasteiger partial charge in [0, 0.05) is 48.0 Å². The van der Waals surface area contributed by atoms with Crippen molar-refractivity contribution in [1.29, 1.82) is 0 Å². The zero-order valence-corrected chi connectivity index (χ0v) is 29.1. The first-order valence-electron chi connectivity index (χ1n) is 17.3. The Bertz CT molecular complexity index is 1870. The normalized spacial score (nSPS) is 14.9. The van der Waals surface area contributed by atoms with Crippen LogP contribution in [0.4, 0.5) is 11.4 Å². The zero-order valence-electron chi connectivity index (χ0n) is 29.1. The third-order valence-electron chi connectivity index (χ3n) is 8.90. The minimum Gasteiger partial charge on any atom is -0.485 e. The van der Waals surface area contributed by atoms with E-state index in [-0.39, 0.29) is 0 Å². The topological polar surface area (TPSA) is 88.5 Å². The van der Waals surface area contributed by atoms with Gasteiger partial charge in [-0.3, -0.25) is 19.9 Å². The minimum atomic E-state index is 0.335. The van der Waals surface area contributed by atoms with Gasteiger partial charge >= 0.3 is 0 Å². The Labute approximate surface area is 299 Å². The molecule has 0 amide bonds. The second kappa shape index (κ2) is 16.0. The van der Waals surface area contributed by atoms with Crippen molar-refractivity contribution in [1.82, 2.24) is 24.4 Å². The highest BCUT2D eigenvalue weighted by Gasteiger charge is 2.40. The molecule has 0 unspecified atom stereocenters. The van der Waals surface area contributed by atoms with Gasteiger partial charge in [0.2, 0.25) is 0 Å². The van der Waals surface area contributed by atoms with E-state index in [9.17, 15) is 0 Å². The van der Waals surface area contributed by atoms with Crippen LogP contribution in [0.2, 0.25) is 0 Å². The molecule has 1 aliphatic heterocycles. The summed E-state index contributed by atoms with van der Waals surface area (Å²) in [5.41, 5.74) is 9.55. The molecule has 4 aromatic heterocycles. The average molecular weight is 681 g/mol. The third kappa shape index (κ3) is 8.13. The van der Waals surface area contributed by atoms with Crippen molar-refractivity contribution >= 4 is 11.4 Å². The summed E-state index contributed by atoms with van der Waals surface area (Å²) in [4.78, 5) is 19.0. The Hall–Kier alpha value is -5.48. The predicted octanol–water partition coefficient (Wildman–Crippen LogP) is 8.06. The molecular formula is C42H42N5O4+. The molecule has 5 heterocycles. The fraction of sp³-hybridized carbons (Fsp3) is 0.238. The maximum Gasteiger partial charge on any atom is 0.181 e. The summed E-state index contributed by atoms with van der Waals surface area (Å²) in [7, 11) is 0. The molecule has 2 aromatic carbocycles. The van der Waals surface area contributed by atoms with E-state index in [0.717, 1.165) is 67.9 Å². The predicted molar refractivity (Wildman–Crippen MR) is 199 cm³/mol. The lowest BCUT2D eigenvalue weighted by Gasteiger charge is -2.39. The van der Waals surface area contributed by atoms with E-state index in [1.165, 1.54) is 0 Å². The van der Waals surface area contributed by atoms with E-state index in [1.807, 2.05) is 87.2 Å². The maximum atomic E-state index is 6.51. The molecule has 0 saturated carbocycles. The van der Waals surface area contributed by atoms with Gasteiger partial charge in [0.05, 0.1) is 49.2 Å². The van der Waals surface area contributed by atoms with Crippen molar-refractivity contribution < 1.29 is 18.9 Å². The van der Waals surface area contributed by atoms with E-state index in [1.54, 1.807) is 0 Å². The largest absolute Gasteiger partial charge is 0.485 e. The van der Waals surface area contributed by atoms with Gasteiger partial charge in [0.1, 0.15) is 26.3 Å². The second-order valence-electron chi connectivity index (χ2n) is 12.7. The molecule has 1 aliphatic rings. The number of aromatic nitrogens is 4. The number of nitrogens with zero attached hydrogens (tertiary/aromatic N) is 5. The second-order valence-corrected chi connectivity index (χ2v) is 12.7. The lowest BCUT2D eigenvalue weighted by molar-refractivity contribution is 0.0276. The number of para-hydroxylation sites is 4. The fourth-order valence-electron chi connectivity index (χ4n) is 6.34. The quantitative estimate of drug-likeness (QED) is 0.163. The van der Waals surface area contributed by atoms with Crippen LogP contribution in [-0.2, 0) is 22.6 Å². The van der Waals surface area contributed by atoms with Gasteiger partial charge in [0.15, 0.2) is 22.9 Å². The Morgan fingerprint density at radius 1 is 0.451 bits per heavy atom. The first-order chi connectivity index (χ1) is 25.1. The number of aryl methyl sites for hydroxylation is 2. The van der Waals surface area contributed by atoms with Gasteiger partial charge in [-0.1, -0.05) is 36.4 Å². The van der Waals surface area contributed by atoms with Gasteiger partial charge in [-0.05, 0) is 73.5 Å². The SMILES string of the molecule is Cc1ccc(-c2ccc(C[N+]3(Cc4ccc(-c5ccc(C)cn5)nc4)c4ccccc4OCCOCCOCCOc4ccccc43)cn2)nc1. The van der Waals surface area contributed by atoms with E-state index >= 15 is 0 Å². The summed E-state index contributed by atoms with van der Waals surface area (Å²) < 4.78 is 25.0. The Morgan fingerprint density at radius 3 is 1.24 bits per heavy atom. The van der Waals surface area contributed by atoms with Crippen LogP contribution >= 0.6 is 0 Å². The van der Waals surface area contributed by atoms with Crippen molar-refractivity contribution in [2.75, 3.05) is 39.6 Å². The summed E-state index contributed by atoms with van der Waals surface area (Å²) in [6, 6.07) is 33.0. The third-order valence-corrected chi connectivity index (χ3v) is 8.90. The van der Waals surface area contributed by atoms with Crippen molar-refractivity contribution in [2.45, 2.75) is 26.9 Å². The van der Waals surface area contributed by atoms with Crippen LogP contribution in [0.15, 0.2) is 122 Å². The lowest BCUT2D eigenvalue weighted by Crippen LogP contribution is -2.43. The van der Waals surface area contributed by atoms with Gasteiger partial charge in [-0.15, -0.1) is 0 Å². The van der Waals surface area contributed by atoms with E-state index in [0.29, 0.717) is 57.2 Å². The van der Waals surface area contributed by atoms with Crippen molar-refractivity contribution in [3.8, 4) is 34.3 Å². The molecule has 0 spiro atoms. The summed E-state index contributed by atoms with van der Waals surface area (Å²) in [5.74, 6) is 1.53. The molecule has 9 heteroatoms. The van der Waals surface area contributed by atoms with Crippen LogP contribution < -0.4 is 14.0 Å². The van der Waals surface area contributed by atoms with Gasteiger partial charge in [-0.25, -0.2) is 4.48 Å². The van der Waals surface area contributed by atoms with Gasteiger partial charge < -0.3 is 18.9 Å². The molecule has 0 atom stereocenters. The first kappa shape index (κ1) is 34.0. The van der Waals surface area contributed by atoms with E-state index in [2.05, 4.69) is 58.5 Å². The molecule has 258 valence electrons. The average Bonchev–Trinajstić information content (AvgIpc) is 3.17. The number of rotatable bonds is 6. The number of benzene rings is 2. The fourth-order valence-corrected chi connectivity index (χ4v) is 6.34. The monoisotopic (exact) mass is 680 g/mol. The highest BCUT2D eigenvalue weighted by Crippen LogP contribution is 2.48. The molecule has 0 fully saturated rings.